The van der Waals surface area contributed by atoms with E-state index >= 15 is 0 Å². The van der Waals surface area contributed by atoms with Crippen molar-refractivity contribution in [3.05, 3.63) is 99.1 Å². The Balaban J connectivity index is 2.16. The smallest absolute Gasteiger partial charge is 0.431 e. The topological polar surface area (TPSA) is 76.2 Å². The monoisotopic (exact) mass is 570 g/mol. The summed E-state index contributed by atoms with van der Waals surface area (Å²) in [6.07, 6.45) is -0.992. The van der Waals surface area contributed by atoms with E-state index in [2.05, 4.69) is 0 Å². The number of benzene rings is 3. The standard InChI is InChI=1S/C30H32Cl2N2O5/c1-18-14-19(2)16-22(15-18)27(35)33(28(36)24-12-9-13-25(38-7)20(24)3)34(30(4,5)6)29(37)39-26(32)21-10-8-11-23(31)17-21/h8-17,26H,1-7H3. The van der Waals surface area contributed by atoms with E-state index in [4.69, 9.17) is 32.7 Å². The molecule has 9 heteroatoms. The van der Waals surface area contributed by atoms with Gasteiger partial charge in [-0.25, -0.2) is 9.80 Å². The minimum Gasteiger partial charge on any atom is -0.496 e. The number of imide groups is 1. The van der Waals surface area contributed by atoms with E-state index in [0.29, 0.717) is 21.9 Å². The van der Waals surface area contributed by atoms with Gasteiger partial charge in [0, 0.05) is 27.3 Å². The van der Waals surface area contributed by atoms with Crippen molar-refractivity contribution >= 4 is 41.1 Å². The van der Waals surface area contributed by atoms with Gasteiger partial charge in [-0.05, 0) is 77.9 Å². The van der Waals surface area contributed by atoms with E-state index in [0.717, 1.165) is 21.1 Å². The lowest BCUT2D eigenvalue weighted by atomic mass is 10.0. The molecule has 0 aliphatic carbocycles. The number of hydrogen-bond donors (Lipinski definition) is 0. The zero-order chi connectivity index (χ0) is 29.1. The summed E-state index contributed by atoms with van der Waals surface area (Å²) in [4.78, 5) is 42.0. The second-order valence-electron chi connectivity index (χ2n) is 10.2. The van der Waals surface area contributed by atoms with Gasteiger partial charge in [0.2, 0.25) is 5.56 Å². The normalized spacial score (nSPS) is 11.9. The third kappa shape index (κ3) is 6.91. The van der Waals surface area contributed by atoms with Gasteiger partial charge in [0.05, 0.1) is 12.6 Å². The predicted molar refractivity (Wildman–Crippen MR) is 152 cm³/mol. The minimum absolute atomic E-state index is 0.186. The molecule has 1 unspecified atom stereocenters. The largest absolute Gasteiger partial charge is 0.496 e. The Morgan fingerprint density at radius 1 is 0.872 bits per heavy atom. The van der Waals surface area contributed by atoms with Crippen molar-refractivity contribution in [2.24, 2.45) is 0 Å². The molecule has 0 N–H and O–H groups in total. The molecule has 3 rings (SSSR count). The van der Waals surface area contributed by atoms with E-state index in [9.17, 15) is 14.4 Å². The third-order valence-corrected chi connectivity index (χ3v) is 6.49. The molecule has 0 fully saturated rings. The fourth-order valence-electron chi connectivity index (χ4n) is 4.19. The van der Waals surface area contributed by atoms with Gasteiger partial charge >= 0.3 is 6.09 Å². The zero-order valence-corrected chi connectivity index (χ0v) is 24.6. The van der Waals surface area contributed by atoms with Gasteiger partial charge in [0.1, 0.15) is 5.75 Å². The number of aryl methyl sites for hydroxylation is 2. The summed E-state index contributed by atoms with van der Waals surface area (Å²) in [7, 11) is 1.49. The Hall–Kier alpha value is -3.55. The Morgan fingerprint density at radius 3 is 2.05 bits per heavy atom. The van der Waals surface area contributed by atoms with Crippen molar-refractivity contribution in [1.82, 2.24) is 10.0 Å². The van der Waals surface area contributed by atoms with E-state index in [-0.39, 0.29) is 11.1 Å². The van der Waals surface area contributed by atoms with Crippen LogP contribution in [0.3, 0.4) is 0 Å². The number of rotatable bonds is 5. The summed E-state index contributed by atoms with van der Waals surface area (Å²) in [6.45, 7) is 10.5. The molecule has 3 aromatic carbocycles. The Morgan fingerprint density at radius 2 is 1.49 bits per heavy atom. The molecule has 206 valence electrons. The van der Waals surface area contributed by atoms with Crippen LogP contribution in [0.25, 0.3) is 0 Å². The maximum Gasteiger partial charge on any atom is 0.431 e. The average Bonchev–Trinajstić information content (AvgIpc) is 2.85. The van der Waals surface area contributed by atoms with Crippen molar-refractivity contribution in [3.63, 3.8) is 0 Å². The molecule has 39 heavy (non-hydrogen) atoms. The molecule has 0 radical (unpaired) electrons. The molecule has 3 amide bonds. The first-order valence-electron chi connectivity index (χ1n) is 12.3. The molecule has 3 aromatic rings. The number of carbonyl (C=O) groups excluding carboxylic acids is 3. The number of ether oxygens (including phenoxy) is 2. The predicted octanol–water partition coefficient (Wildman–Crippen LogP) is 7.65. The summed E-state index contributed by atoms with van der Waals surface area (Å²) in [6, 6.07) is 16.7. The first-order valence-corrected chi connectivity index (χ1v) is 13.1. The second-order valence-corrected chi connectivity index (χ2v) is 11.0. The highest BCUT2D eigenvalue weighted by Gasteiger charge is 2.42. The van der Waals surface area contributed by atoms with Crippen LogP contribution in [-0.4, -0.2) is 40.6 Å². The molecular weight excluding hydrogens is 539 g/mol. The fourth-order valence-corrected chi connectivity index (χ4v) is 4.60. The van der Waals surface area contributed by atoms with Gasteiger partial charge in [0.15, 0.2) is 0 Å². The van der Waals surface area contributed by atoms with Crippen molar-refractivity contribution in [2.75, 3.05) is 7.11 Å². The van der Waals surface area contributed by atoms with Crippen molar-refractivity contribution in [3.8, 4) is 5.75 Å². The second kappa shape index (κ2) is 12.1. The lowest BCUT2D eigenvalue weighted by Crippen LogP contribution is -2.60. The van der Waals surface area contributed by atoms with Crippen LogP contribution in [-0.2, 0) is 4.74 Å². The summed E-state index contributed by atoms with van der Waals surface area (Å²) in [5.41, 5.74) is 0.719. The Labute approximate surface area is 239 Å². The first-order chi connectivity index (χ1) is 18.2. The first kappa shape index (κ1) is 30.0. The highest BCUT2D eigenvalue weighted by Crippen LogP contribution is 2.30. The number of alkyl halides is 1. The number of hydrogen-bond acceptors (Lipinski definition) is 5. The maximum absolute atomic E-state index is 14.2. The molecule has 0 aliphatic rings. The SMILES string of the molecule is COc1cccc(C(=O)N(C(=O)c2cc(C)cc(C)c2)N(C(=O)OC(Cl)c2cccc(Cl)c2)C(C)(C)C)c1C. The van der Waals surface area contributed by atoms with Gasteiger partial charge in [-0.3, -0.25) is 9.59 Å². The third-order valence-electron chi connectivity index (χ3n) is 5.91. The maximum atomic E-state index is 14.2. The quantitative estimate of drug-likeness (QED) is 0.179. The van der Waals surface area contributed by atoms with Gasteiger partial charge in [-0.2, -0.15) is 5.01 Å². The van der Waals surface area contributed by atoms with Crippen LogP contribution < -0.4 is 4.74 Å². The number of methoxy groups -OCH3 is 1. The molecule has 1 atom stereocenters. The van der Waals surface area contributed by atoms with Gasteiger partial charge in [0.25, 0.3) is 11.8 Å². The van der Waals surface area contributed by atoms with Gasteiger partial charge < -0.3 is 9.47 Å². The molecule has 0 spiro atoms. The Kier molecular flexibility index (Phi) is 9.30. The number of halogens is 2. The van der Waals surface area contributed by atoms with Gasteiger partial charge in [-0.15, -0.1) is 0 Å². The van der Waals surface area contributed by atoms with E-state index in [1.54, 1.807) is 82.3 Å². The van der Waals surface area contributed by atoms with Crippen molar-refractivity contribution in [1.29, 1.82) is 0 Å². The van der Waals surface area contributed by atoms with Crippen LogP contribution >= 0.6 is 23.2 Å². The summed E-state index contributed by atoms with van der Waals surface area (Å²) < 4.78 is 11.0. The van der Waals surface area contributed by atoms with Gasteiger partial charge in [-0.1, -0.05) is 58.6 Å². The van der Waals surface area contributed by atoms with E-state index in [1.165, 1.54) is 7.11 Å². The summed E-state index contributed by atoms with van der Waals surface area (Å²) >= 11 is 12.5. The van der Waals surface area contributed by atoms with E-state index in [1.807, 2.05) is 19.9 Å². The van der Waals surface area contributed by atoms with Crippen LogP contribution in [0.5, 0.6) is 5.75 Å². The van der Waals surface area contributed by atoms with E-state index < -0.39 is 29.0 Å². The summed E-state index contributed by atoms with van der Waals surface area (Å²) in [5.74, 6) is -0.961. The highest BCUT2D eigenvalue weighted by atomic mass is 35.5. The minimum atomic E-state index is -1.23. The highest BCUT2D eigenvalue weighted by molar-refractivity contribution is 6.30. The van der Waals surface area contributed by atoms with Crippen LogP contribution in [0.2, 0.25) is 5.02 Å². The molecule has 7 nitrogen and oxygen atoms in total. The number of nitrogens with zero attached hydrogens (tertiary/aromatic N) is 2. The number of carbonyl (C=O) groups is 3. The fraction of sp³-hybridized carbons (Fsp3) is 0.300. The molecule has 0 heterocycles. The Bertz CT molecular complexity index is 1380. The van der Waals surface area contributed by atoms with Crippen LogP contribution in [0.15, 0.2) is 60.7 Å². The zero-order valence-electron chi connectivity index (χ0n) is 23.0. The van der Waals surface area contributed by atoms with Crippen molar-refractivity contribution in [2.45, 2.75) is 52.6 Å². The molecule has 0 saturated carbocycles. The number of amides is 3. The number of hydrazine groups is 1. The molecule has 0 aromatic heterocycles. The average molecular weight is 572 g/mol. The molecule has 0 aliphatic heterocycles. The lowest BCUT2D eigenvalue weighted by Gasteiger charge is -2.41. The van der Waals surface area contributed by atoms with Crippen LogP contribution in [0.1, 0.15) is 69.3 Å². The lowest BCUT2D eigenvalue weighted by molar-refractivity contribution is -0.0453. The van der Waals surface area contributed by atoms with Crippen molar-refractivity contribution < 1.29 is 23.9 Å². The van der Waals surface area contributed by atoms with Crippen LogP contribution in [0, 0.1) is 20.8 Å². The summed E-state index contributed by atoms with van der Waals surface area (Å²) in [5, 5.41) is 2.23. The molecular formula is C30H32Cl2N2O5. The molecule has 0 bridgehead atoms. The molecule has 0 saturated heterocycles. The van der Waals surface area contributed by atoms with Crippen LogP contribution in [0.4, 0.5) is 4.79 Å².